The first-order valence-electron chi connectivity index (χ1n) is 7.34. The molecule has 1 aromatic carbocycles. The van der Waals surface area contributed by atoms with Crippen molar-refractivity contribution in [1.29, 1.82) is 0 Å². The molecule has 3 N–H and O–H groups in total. The second kappa shape index (κ2) is 6.74. The Morgan fingerprint density at radius 2 is 1.74 bits per heavy atom. The van der Waals surface area contributed by atoms with Gasteiger partial charge in [-0.1, -0.05) is 0 Å². The zero-order valence-corrected chi connectivity index (χ0v) is 12.7. The third-order valence-corrected chi connectivity index (χ3v) is 3.18. The van der Waals surface area contributed by atoms with Gasteiger partial charge in [-0.2, -0.15) is 4.98 Å². The standard InChI is InChI=1S/C17H17N5O/c1-2-19-17-21-15(12-7-9-18-10-8-12)11-16(22-17)20-13-3-5-14(23)6-4-13/h3-11,23H,2H2,1H3,(H2,19,20,21,22). The van der Waals surface area contributed by atoms with E-state index in [0.29, 0.717) is 11.8 Å². The lowest BCUT2D eigenvalue weighted by molar-refractivity contribution is 0.475. The van der Waals surface area contributed by atoms with Crippen LogP contribution in [-0.4, -0.2) is 26.6 Å². The summed E-state index contributed by atoms with van der Waals surface area (Å²) in [6, 6.07) is 12.5. The summed E-state index contributed by atoms with van der Waals surface area (Å²) in [5, 5.41) is 15.7. The second-order valence-corrected chi connectivity index (χ2v) is 4.90. The SMILES string of the molecule is CCNc1nc(Nc2ccc(O)cc2)cc(-c2ccncc2)n1. The number of nitrogens with zero attached hydrogens (tertiary/aromatic N) is 3. The van der Waals surface area contributed by atoms with E-state index in [-0.39, 0.29) is 5.75 Å². The van der Waals surface area contributed by atoms with Gasteiger partial charge in [0, 0.05) is 36.3 Å². The lowest BCUT2D eigenvalue weighted by atomic mass is 10.2. The molecule has 3 aromatic rings. The minimum absolute atomic E-state index is 0.226. The quantitative estimate of drug-likeness (QED) is 0.626. The molecule has 0 fully saturated rings. The van der Waals surface area contributed by atoms with Gasteiger partial charge in [0.1, 0.15) is 11.6 Å². The number of aromatic hydroxyl groups is 1. The zero-order chi connectivity index (χ0) is 16.1. The summed E-state index contributed by atoms with van der Waals surface area (Å²) in [5.41, 5.74) is 2.61. The fraction of sp³-hybridized carbons (Fsp3) is 0.118. The van der Waals surface area contributed by atoms with Gasteiger partial charge in [-0.3, -0.25) is 4.98 Å². The molecule has 23 heavy (non-hydrogen) atoms. The molecule has 6 nitrogen and oxygen atoms in total. The molecular weight excluding hydrogens is 290 g/mol. The van der Waals surface area contributed by atoms with E-state index in [2.05, 4.69) is 25.6 Å². The van der Waals surface area contributed by atoms with E-state index in [1.807, 2.05) is 25.1 Å². The molecule has 0 saturated heterocycles. The van der Waals surface area contributed by atoms with Gasteiger partial charge in [-0.15, -0.1) is 0 Å². The van der Waals surface area contributed by atoms with Gasteiger partial charge in [0.25, 0.3) is 0 Å². The molecule has 2 heterocycles. The first kappa shape index (κ1) is 14.8. The number of anilines is 3. The predicted octanol–water partition coefficient (Wildman–Crippen LogP) is 3.42. The van der Waals surface area contributed by atoms with E-state index in [1.165, 1.54) is 0 Å². The number of phenols is 1. The molecule has 3 rings (SSSR count). The molecule has 0 saturated carbocycles. The highest BCUT2D eigenvalue weighted by atomic mass is 16.3. The fourth-order valence-electron chi connectivity index (χ4n) is 2.11. The first-order chi connectivity index (χ1) is 11.2. The van der Waals surface area contributed by atoms with E-state index in [1.54, 1.807) is 36.7 Å². The molecule has 0 spiro atoms. The summed E-state index contributed by atoms with van der Waals surface area (Å²) in [7, 11) is 0. The molecular formula is C17H17N5O. The van der Waals surface area contributed by atoms with Crippen LogP contribution in [-0.2, 0) is 0 Å². The highest BCUT2D eigenvalue weighted by molar-refractivity contribution is 5.67. The molecule has 0 radical (unpaired) electrons. The molecule has 0 amide bonds. The lowest BCUT2D eigenvalue weighted by Crippen LogP contribution is -2.05. The minimum Gasteiger partial charge on any atom is -0.508 e. The van der Waals surface area contributed by atoms with Gasteiger partial charge in [0.15, 0.2) is 0 Å². The normalized spacial score (nSPS) is 10.3. The van der Waals surface area contributed by atoms with Gasteiger partial charge >= 0.3 is 0 Å². The summed E-state index contributed by atoms with van der Waals surface area (Å²) in [6.45, 7) is 2.73. The van der Waals surface area contributed by atoms with Crippen molar-refractivity contribution in [3.63, 3.8) is 0 Å². The summed E-state index contributed by atoms with van der Waals surface area (Å²) < 4.78 is 0. The van der Waals surface area contributed by atoms with Crippen LogP contribution in [0, 0.1) is 0 Å². The van der Waals surface area contributed by atoms with E-state index < -0.39 is 0 Å². The number of aromatic nitrogens is 3. The van der Waals surface area contributed by atoms with Crippen LogP contribution < -0.4 is 10.6 Å². The van der Waals surface area contributed by atoms with Crippen molar-refractivity contribution in [3.8, 4) is 17.0 Å². The van der Waals surface area contributed by atoms with Crippen molar-refractivity contribution < 1.29 is 5.11 Å². The average molecular weight is 307 g/mol. The molecule has 2 aromatic heterocycles. The van der Waals surface area contributed by atoms with Gasteiger partial charge in [-0.05, 0) is 43.3 Å². The van der Waals surface area contributed by atoms with Crippen LogP contribution in [0.1, 0.15) is 6.92 Å². The number of rotatable bonds is 5. The van der Waals surface area contributed by atoms with Crippen LogP contribution in [0.25, 0.3) is 11.3 Å². The van der Waals surface area contributed by atoms with Crippen molar-refractivity contribution in [3.05, 3.63) is 54.9 Å². The third-order valence-electron chi connectivity index (χ3n) is 3.18. The maximum atomic E-state index is 9.36. The molecule has 0 bridgehead atoms. The molecule has 0 aliphatic heterocycles. The fourth-order valence-corrected chi connectivity index (χ4v) is 2.11. The van der Waals surface area contributed by atoms with Gasteiger partial charge < -0.3 is 15.7 Å². The summed E-state index contributed by atoms with van der Waals surface area (Å²) in [5.74, 6) is 1.46. The largest absolute Gasteiger partial charge is 0.508 e. The van der Waals surface area contributed by atoms with E-state index in [4.69, 9.17) is 0 Å². The topological polar surface area (TPSA) is 83.0 Å². The minimum atomic E-state index is 0.226. The van der Waals surface area contributed by atoms with Gasteiger partial charge in [0.2, 0.25) is 5.95 Å². The lowest BCUT2D eigenvalue weighted by Gasteiger charge is -2.11. The van der Waals surface area contributed by atoms with E-state index in [0.717, 1.165) is 23.5 Å². The van der Waals surface area contributed by atoms with Crippen molar-refractivity contribution in [2.24, 2.45) is 0 Å². The summed E-state index contributed by atoms with van der Waals surface area (Å²) in [6.07, 6.45) is 3.47. The molecule has 116 valence electrons. The Kier molecular flexibility index (Phi) is 4.33. The van der Waals surface area contributed by atoms with Crippen LogP contribution in [0.3, 0.4) is 0 Å². The molecule has 0 aliphatic carbocycles. The Bertz CT molecular complexity index is 775. The highest BCUT2D eigenvalue weighted by Crippen LogP contribution is 2.24. The number of nitrogens with one attached hydrogen (secondary N) is 2. The Hall–Kier alpha value is -3.15. The van der Waals surface area contributed by atoms with Gasteiger partial charge in [0.05, 0.1) is 5.69 Å². The Morgan fingerprint density at radius 3 is 2.43 bits per heavy atom. The van der Waals surface area contributed by atoms with Crippen molar-refractivity contribution in [2.45, 2.75) is 6.92 Å². The zero-order valence-electron chi connectivity index (χ0n) is 12.7. The predicted molar refractivity (Wildman–Crippen MR) is 90.8 cm³/mol. The maximum Gasteiger partial charge on any atom is 0.225 e. The van der Waals surface area contributed by atoms with Crippen molar-refractivity contribution in [1.82, 2.24) is 15.0 Å². The van der Waals surface area contributed by atoms with Crippen LogP contribution in [0.4, 0.5) is 17.5 Å². The van der Waals surface area contributed by atoms with Crippen LogP contribution in [0.2, 0.25) is 0 Å². The number of hydrogen-bond donors (Lipinski definition) is 3. The second-order valence-electron chi connectivity index (χ2n) is 4.90. The third kappa shape index (κ3) is 3.74. The number of benzene rings is 1. The monoisotopic (exact) mass is 307 g/mol. The maximum absolute atomic E-state index is 9.36. The first-order valence-corrected chi connectivity index (χ1v) is 7.34. The average Bonchev–Trinajstić information content (AvgIpc) is 2.58. The molecule has 0 unspecified atom stereocenters. The highest BCUT2D eigenvalue weighted by Gasteiger charge is 2.07. The van der Waals surface area contributed by atoms with Crippen LogP contribution >= 0.6 is 0 Å². The Balaban J connectivity index is 1.95. The Labute approximate surface area is 134 Å². The molecule has 6 heteroatoms. The molecule has 0 atom stereocenters. The van der Waals surface area contributed by atoms with Crippen LogP contribution in [0.5, 0.6) is 5.75 Å². The number of pyridine rings is 1. The molecule has 0 aliphatic rings. The summed E-state index contributed by atoms with van der Waals surface area (Å²) >= 11 is 0. The number of hydrogen-bond acceptors (Lipinski definition) is 6. The van der Waals surface area contributed by atoms with Crippen molar-refractivity contribution >= 4 is 17.5 Å². The Morgan fingerprint density at radius 1 is 1.00 bits per heavy atom. The van der Waals surface area contributed by atoms with E-state index in [9.17, 15) is 5.11 Å². The van der Waals surface area contributed by atoms with Gasteiger partial charge in [-0.25, -0.2) is 4.98 Å². The number of phenolic OH excluding ortho intramolecular Hbond substituents is 1. The van der Waals surface area contributed by atoms with Crippen molar-refractivity contribution in [2.75, 3.05) is 17.2 Å². The smallest absolute Gasteiger partial charge is 0.225 e. The summed E-state index contributed by atoms with van der Waals surface area (Å²) in [4.78, 5) is 13.0. The van der Waals surface area contributed by atoms with Crippen LogP contribution in [0.15, 0.2) is 54.9 Å². The van der Waals surface area contributed by atoms with E-state index >= 15 is 0 Å².